The van der Waals surface area contributed by atoms with Gasteiger partial charge < -0.3 is 14.8 Å². The highest BCUT2D eigenvalue weighted by Crippen LogP contribution is 2.39. The average Bonchev–Trinajstić information content (AvgIpc) is 3.44. The first-order valence-electron chi connectivity index (χ1n) is 10.8. The van der Waals surface area contributed by atoms with Gasteiger partial charge in [0.15, 0.2) is 0 Å². The van der Waals surface area contributed by atoms with Crippen molar-refractivity contribution in [2.24, 2.45) is 0 Å². The van der Waals surface area contributed by atoms with Gasteiger partial charge in [-0.2, -0.15) is 0 Å². The number of rotatable bonds is 7. The number of hydrogen-bond acceptors (Lipinski definition) is 4. The van der Waals surface area contributed by atoms with Crippen molar-refractivity contribution >= 4 is 28.1 Å². The molecule has 0 bridgehead atoms. The van der Waals surface area contributed by atoms with Crippen molar-refractivity contribution in [3.63, 3.8) is 0 Å². The van der Waals surface area contributed by atoms with Gasteiger partial charge in [0.1, 0.15) is 0 Å². The normalized spacial score (nSPS) is 16.9. The molecule has 4 rings (SSSR count). The summed E-state index contributed by atoms with van der Waals surface area (Å²) in [7, 11) is 6.33. The van der Waals surface area contributed by atoms with Gasteiger partial charge in [-0.05, 0) is 57.4 Å². The van der Waals surface area contributed by atoms with E-state index >= 15 is 0 Å². The van der Waals surface area contributed by atoms with E-state index in [1.54, 1.807) is 0 Å². The molecule has 3 aromatic rings. The molecule has 1 aliphatic rings. The van der Waals surface area contributed by atoms with Crippen molar-refractivity contribution in [1.82, 2.24) is 19.7 Å². The van der Waals surface area contributed by atoms with Crippen LogP contribution in [0.1, 0.15) is 34.5 Å². The van der Waals surface area contributed by atoms with Crippen LogP contribution in [0.5, 0.6) is 0 Å². The van der Waals surface area contributed by atoms with Crippen LogP contribution >= 0.6 is 11.3 Å². The van der Waals surface area contributed by atoms with Crippen LogP contribution in [0.4, 0.5) is 0 Å². The summed E-state index contributed by atoms with van der Waals surface area (Å²) in [5, 5.41) is 3.19. The van der Waals surface area contributed by atoms with E-state index in [-0.39, 0.29) is 11.4 Å². The minimum atomic E-state index is 0.0930. The summed E-state index contributed by atoms with van der Waals surface area (Å²) >= 11 is 1.88. The molecule has 6 heteroatoms. The maximum atomic E-state index is 12.9. The molecule has 0 saturated carbocycles. The summed E-state index contributed by atoms with van der Waals surface area (Å²) < 4.78 is 0. The number of nitrogens with one attached hydrogen (secondary N) is 1. The maximum Gasteiger partial charge on any atom is 0.255 e. The molecule has 0 aliphatic carbocycles. The van der Waals surface area contributed by atoms with E-state index < -0.39 is 0 Å². The van der Waals surface area contributed by atoms with Gasteiger partial charge in [0, 0.05) is 48.7 Å². The Morgan fingerprint density at radius 1 is 1.13 bits per heavy atom. The topological polar surface area (TPSA) is 42.6 Å². The smallest absolute Gasteiger partial charge is 0.255 e. The number of likely N-dealkylation sites (tertiary alicyclic amines) is 1. The summed E-state index contributed by atoms with van der Waals surface area (Å²) in [5.41, 5.74) is 1.95. The van der Waals surface area contributed by atoms with Crippen LogP contribution < -0.4 is 0 Å². The standard InChI is InChI=1S/C24H32N4OS/c1-26(2)24(22-10-6-17-30-22)11-15-28(16-12-24)14-7-13-27(3)23(29)20-18-25-21-9-5-4-8-19(20)21/h4-6,8-10,17-18,25H,7,11-16H2,1-3H3. The molecule has 2 aromatic heterocycles. The molecule has 30 heavy (non-hydrogen) atoms. The molecular weight excluding hydrogens is 392 g/mol. The Morgan fingerprint density at radius 3 is 2.60 bits per heavy atom. The lowest BCUT2D eigenvalue weighted by molar-refractivity contribution is 0.0545. The summed E-state index contributed by atoms with van der Waals surface area (Å²) in [6.45, 7) is 4.03. The number of fused-ring (bicyclic) bond motifs is 1. The maximum absolute atomic E-state index is 12.9. The molecule has 1 aromatic carbocycles. The van der Waals surface area contributed by atoms with Crippen molar-refractivity contribution in [3.8, 4) is 0 Å². The van der Waals surface area contributed by atoms with E-state index in [2.05, 4.69) is 46.4 Å². The first-order chi connectivity index (χ1) is 14.5. The number of amides is 1. The van der Waals surface area contributed by atoms with Crippen LogP contribution in [0.15, 0.2) is 48.0 Å². The number of thiophene rings is 1. The quantitative estimate of drug-likeness (QED) is 0.617. The Hall–Kier alpha value is -2.15. The van der Waals surface area contributed by atoms with E-state index in [0.29, 0.717) is 0 Å². The molecule has 1 saturated heterocycles. The zero-order chi connectivity index (χ0) is 21.1. The molecule has 1 aliphatic heterocycles. The van der Waals surface area contributed by atoms with Crippen LogP contribution in [0.3, 0.4) is 0 Å². The lowest BCUT2D eigenvalue weighted by Crippen LogP contribution is -2.50. The van der Waals surface area contributed by atoms with Gasteiger partial charge in [0.2, 0.25) is 0 Å². The van der Waals surface area contributed by atoms with Gasteiger partial charge in [-0.15, -0.1) is 11.3 Å². The lowest BCUT2D eigenvalue weighted by atomic mass is 9.84. The third-order valence-corrected chi connectivity index (χ3v) is 7.72. The van der Waals surface area contributed by atoms with Crippen LogP contribution in [0.2, 0.25) is 0 Å². The number of carbonyl (C=O) groups is 1. The summed E-state index contributed by atoms with van der Waals surface area (Å²) in [4.78, 5) is 24.4. The molecule has 160 valence electrons. The fraction of sp³-hybridized carbons (Fsp3) is 0.458. The molecular formula is C24H32N4OS. The highest BCUT2D eigenvalue weighted by molar-refractivity contribution is 7.10. The van der Waals surface area contributed by atoms with E-state index in [4.69, 9.17) is 0 Å². The van der Waals surface area contributed by atoms with Gasteiger partial charge in [0.05, 0.1) is 11.1 Å². The molecule has 0 spiro atoms. The van der Waals surface area contributed by atoms with E-state index in [1.165, 1.54) is 4.88 Å². The second-order valence-electron chi connectivity index (χ2n) is 8.57. The largest absolute Gasteiger partial charge is 0.360 e. The third-order valence-electron chi connectivity index (χ3n) is 6.65. The molecule has 1 N–H and O–H groups in total. The fourth-order valence-electron chi connectivity index (χ4n) is 4.69. The van der Waals surface area contributed by atoms with Crippen molar-refractivity contribution in [3.05, 3.63) is 58.4 Å². The van der Waals surface area contributed by atoms with Crippen LogP contribution in [-0.4, -0.2) is 72.9 Å². The number of nitrogens with zero attached hydrogens (tertiary/aromatic N) is 3. The number of aromatic nitrogens is 1. The van der Waals surface area contributed by atoms with Gasteiger partial charge in [-0.25, -0.2) is 0 Å². The molecule has 0 radical (unpaired) electrons. The van der Waals surface area contributed by atoms with Crippen LogP contribution in [0, 0.1) is 0 Å². The average molecular weight is 425 g/mol. The SMILES string of the molecule is CN(CCCN1CCC(c2cccs2)(N(C)C)CC1)C(=O)c1c[nH]c2ccccc12. The fourth-order valence-corrected chi connectivity index (χ4v) is 5.76. The number of aromatic amines is 1. The Kier molecular flexibility index (Phi) is 6.27. The van der Waals surface area contributed by atoms with Crippen molar-refractivity contribution in [2.45, 2.75) is 24.8 Å². The van der Waals surface area contributed by atoms with E-state index in [0.717, 1.165) is 61.9 Å². The Labute approximate surface area is 183 Å². The Balaban J connectivity index is 1.28. The number of para-hydroxylation sites is 1. The second-order valence-corrected chi connectivity index (χ2v) is 9.52. The zero-order valence-corrected chi connectivity index (χ0v) is 19.0. The first kappa shape index (κ1) is 21.1. The number of benzene rings is 1. The summed E-state index contributed by atoms with van der Waals surface area (Å²) in [5.74, 6) is 0.0930. The van der Waals surface area contributed by atoms with Crippen LogP contribution in [-0.2, 0) is 5.54 Å². The van der Waals surface area contributed by atoms with Crippen molar-refractivity contribution in [1.29, 1.82) is 0 Å². The van der Waals surface area contributed by atoms with E-state index in [1.807, 2.05) is 53.7 Å². The minimum absolute atomic E-state index is 0.0930. The number of hydrogen-bond donors (Lipinski definition) is 1. The third kappa shape index (κ3) is 4.04. The lowest BCUT2D eigenvalue weighted by Gasteiger charge is -2.46. The molecule has 0 atom stereocenters. The Morgan fingerprint density at radius 2 is 1.90 bits per heavy atom. The van der Waals surface area contributed by atoms with Gasteiger partial charge in [-0.1, -0.05) is 24.3 Å². The first-order valence-corrected chi connectivity index (χ1v) is 11.6. The highest BCUT2D eigenvalue weighted by Gasteiger charge is 2.38. The monoisotopic (exact) mass is 424 g/mol. The van der Waals surface area contributed by atoms with Gasteiger partial charge >= 0.3 is 0 Å². The highest BCUT2D eigenvalue weighted by atomic mass is 32.1. The van der Waals surface area contributed by atoms with Crippen LogP contribution in [0.25, 0.3) is 10.9 Å². The number of H-pyrrole nitrogens is 1. The molecule has 3 heterocycles. The molecule has 1 amide bonds. The predicted octanol–water partition coefficient (Wildman–Crippen LogP) is 4.24. The number of carbonyl (C=O) groups excluding carboxylic acids is 1. The molecule has 0 unspecified atom stereocenters. The minimum Gasteiger partial charge on any atom is -0.360 e. The molecule has 1 fully saturated rings. The number of piperidine rings is 1. The summed E-state index contributed by atoms with van der Waals surface area (Å²) in [6, 6.07) is 12.4. The zero-order valence-electron chi connectivity index (χ0n) is 18.2. The summed E-state index contributed by atoms with van der Waals surface area (Å²) in [6.07, 6.45) is 5.15. The van der Waals surface area contributed by atoms with Crippen molar-refractivity contribution in [2.75, 3.05) is 47.3 Å². The second kappa shape index (κ2) is 8.92. The van der Waals surface area contributed by atoms with Crippen molar-refractivity contribution < 1.29 is 4.79 Å². The van der Waals surface area contributed by atoms with Gasteiger partial charge in [0.25, 0.3) is 5.91 Å². The molecule has 5 nitrogen and oxygen atoms in total. The van der Waals surface area contributed by atoms with Gasteiger partial charge in [-0.3, -0.25) is 9.69 Å². The van der Waals surface area contributed by atoms with E-state index in [9.17, 15) is 4.79 Å². The Bertz CT molecular complexity index is 970. The predicted molar refractivity (Wildman–Crippen MR) is 125 cm³/mol.